The van der Waals surface area contributed by atoms with Gasteiger partial charge in [0.2, 0.25) is 0 Å². The molecule has 0 aliphatic heterocycles. The molecule has 0 amide bonds. The molecule has 2 nitrogen and oxygen atoms in total. The second-order valence-electron chi connectivity index (χ2n) is 8.65. The molecule has 2 aromatic carbocycles. The molecule has 158 valence electrons. The molecule has 2 saturated carbocycles. The zero-order chi connectivity index (χ0) is 21.1. The Bertz CT molecular complexity index is 914. The number of hydrogen-bond donors (Lipinski definition) is 1. The second-order valence-corrected chi connectivity index (χ2v) is 11.7. The SMILES string of the molecule is CC(NP(=O)(/C=C(\Cl)c1ccccc1)/C=C(\Cl)c1ccccc1)C1CC2CCC1C2. The van der Waals surface area contributed by atoms with E-state index in [1.807, 2.05) is 60.7 Å². The van der Waals surface area contributed by atoms with Gasteiger partial charge in [0.15, 0.2) is 7.29 Å². The summed E-state index contributed by atoms with van der Waals surface area (Å²) in [5.74, 6) is 5.48. The Labute approximate surface area is 189 Å². The lowest BCUT2D eigenvalue weighted by Gasteiger charge is -2.30. The molecule has 2 fully saturated rings. The van der Waals surface area contributed by atoms with Crippen LogP contribution in [0.1, 0.15) is 43.7 Å². The lowest BCUT2D eigenvalue weighted by Crippen LogP contribution is -2.33. The molecule has 4 rings (SSSR count). The molecular weight excluding hydrogens is 432 g/mol. The van der Waals surface area contributed by atoms with Crippen molar-refractivity contribution in [2.75, 3.05) is 0 Å². The zero-order valence-corrected chi connectivity index (χ0v) is 19.6. The fourth-order valence-corrected chi connectivity index (χ4v) is 8.26. The summed E-state index contributed by atoms with van der Waals surface area (Å²) in [5, 5.41) is 4.40. The zero-order valence-electron chi connectivity index (χ0n) is 17.2. The van der Waals surface area contributed by atoms with Gasteiger partial charge in [-0.15, -0.1) is 0 Å². The lowest BCUT2D eigenvalue weighted by molar-refractivity contribution is 0.280. The van der Waals surface area contributed by atoms with Gasteiger partial charge in [0.25, 0.3) is 0 Å². The third kappa shape index (κ3) is 5.11. The summed E-state index contributed by atoms with van der Waals surface area (Å²) >= 11 is 13.2. The van der Waals surface area contributed by atoms with E-state index in [9.17, 15) is 4.57 Å². The average molecular weight is 460 g/mol. The lowest BCUT2D eigenvalue weighted by atomic mass is 9.84. The highest BCUT2D eigenvalue weighted by Gasteiger charge is 2.42. The van der Waals surface area contributed by atoms with E-state index in [-0.39, 0.29) is 6.04 Å². The molecule has 2 aromatic rings. The summed E-state index contributed by atoms with van der Waals surface area (Å²) in [6.45, 7) is 2.16. The topological polar surface area (TPSA) is 29.1 Å². The number of benzene rings is 2. The van der Waals surface area contributed by atoms with E-state index < -0.39 is 7.29 Å². The van der Waals surface area contributed by atoms with Crippen molar-refractivity contribution in [2.24, 2.45) is 17.8 Å². The van der Waals surface area contributed by atoms with Gasteiger partial charge in [-0.25, -0.2) is 0 Å². The first-order chi connectivity index (χ1) is 14.4. The average Bonchev–Trinajstić information content (AvgIpc) is 3.38. The number of hydrogen-bond acceptors (Lipinski definition) is 1. The van der Waals surface area contributed by atoms with Gasteiger partial charge in [0, 0.05) is 17.7 Å². The molecule has 2 aliphatic carbocycles. The van der Waals surface area contributed by atoms with Crippen molar-refractivity contribution in [1.29, 1.82) is 0 Å². The van der Waals surface area contributed by atoms with Gasteiger partial charge in [0.05, 0.1) is 10.1 Å². The van der Waals surface area contributed by atoms with Gasteiger partial charge in [-0.2, -0.15) is 0 Å². The Kier molecular flexibility index (Phi) is 6.90. The van der Waals surface area contributed by atoms with Crippen LogP contribution in [0.3, 0.4) is 0 Å². The summed E-state index contributed by atoms with van der Waals surface area (Å²) in [6, 6.07) is 19.4. The Morgan fingerprint density at radius 3 is 1.90 bits per heavy atom. The van der Waals surface area contributed by atoms with E-state index in [0.717, 1.165) is 23.0 Å². The summed E-state index contributed by atoms with van der Waals surface area (Å²) in [5.41, 5.74) is 1.69. The van der Waals surface area contributed by atoms with Crippen molar-refractivity contribution >= 4 is 40.6 Å². The third-order valence-corrected chi connectivity index (χ3v) is 9.60. The maximum Gasteiger partial charge on any atom is 0.193 e. The highest BCUT2D eigenvalue weighted by Crippen LogP contribution is 2.54. The largest absolute Gasteiger partial charge is 0.298 e. The molecule has 2 bridgehead atoms. The van der Waals surface area contributed by atoms with Gasteiger partial charge in [-0.1, -0.05) is 90.3 Å². The van der Waals surface area contributed by atoms with Gasteiger partial charge in [-0.3, -0.25) is 9.65 Å². The van der Waals surface area contributed by atoms with Crippen LogP contribution in [-0.4, -0.2) is 6.04 Å². The normalized spacial score (nSPS) is 25.5. The van der Waals surface area contributed by atoms with Crippen LogP contribution in [0, 0.1) is 17.8 Å². The van der Waals surface area contributed by atoms with Crippen LogP contribution < -0.4 is 5.09 Å². The summed E-state index contributed by atoms with van der Waals surface area (Å²) in [4.78, 5) is 0. The fraction of sp³-hybridized carbons (Fsp3) is 0.360. The molecule has 2 aliphatic rings. The van der Waals surface area contributed by atoms with Crippen molar-refractivity contribution in [3.8, 4) is 0 Å². The molecule has 0 spiro atoms. The number of rotatable bonds is 7. The van der Waals surface area contributed by atoms with Gasteiger partial charge in [0.1, 0.15) is 0 Å². The first-order valence-corrected chi connectivity index (χ1v) is 13.3. The van der Waals surface area contributed by atoms with Crippen LogP contribution in [0.15, 0.2) is 72.3 Å². The van der Waals surface area contributed by atoms with Gasteiger partial charge < -0.3 is 0 Å². The Morgan fingerprint density at radius 1 is 0.933 bits per heavy atom. The minimum atomic E-state index is -3.13. The van der Waals surface area contributed by atoms with Gasteiger partial charge >= 0.3 is 0 Å². The van der Waals surface area contributed by atoms with E-state index in [1.165, 1.54) is 25.7 Å². The second kappa shape index (κ2) is 9.45. The van der Waals surface area contributed by atoms with Gasteiger partial charge in [-0.05, 0) is 55.1 Å². The Morgan fingerprint density at radius 2 is 1.47 bits per heavy atom. The fourth-order valence-electron chi connectivity index (χ4n) is 5.11. The maximum atomic E-state index is 14.1. The molecule has 4 unspecified atom stereocenters. The first kappa shape index (κ1) is 21.9. The summed E-state index contributed by atoms with van der Waals surface area (Å²) in [7, 11) is -3.13. The maximum absolute atomic E-state index is 14.1. The number of nitrogens with one attached hydrogen (secondary N) is 1. The smallest absolute Gasteiger partial charge is 0.193 e. The standard InChI is InChI=1S/C25H28Cl2NOP/c1-18(23-15-19-12-13-22(23)14-19)28-30(29,16-24(26)20-8-4-2-5-9-20)17-25(27)21-10-6-3-7-11-21/h2-11,16-19,22-23H,12-15H2,1H3,(H,28,29)/b24-16-,25-17-. The molecule has 1 N–H and O–H groups in total. The Hall–Kier alpha value is -1.31. The first-order valence-electron chi connectivity index (χ1n) is 10.7. The van der Waals surface area contributed by atoms with Crippen molar-refractivity contribution in [3.05, 3.63) is 83.4 Å². The molecule has 0 heterocycles. The quantitative estimate of drug-likeness (QED) is 0.423. The van der Waals surface area contributed by atoms with E-state index in [1.54, 1.807) is 11.6 Å². The monoisotopic (exact) mass is 459 g/mol. The van der Waals surface area contributed by atoms with Crippen molar-refractivity contribution in [3.63, 3.8) is 0 Å². The van der Waals surface area contributed by atoms with Crippen molar-refractivity contribution in [1.82, 2.24) is 5.09 Å². The van der Waals surface area contributed by atoms with Crippen LogP contribution >= 0.6 is 30.5 Å². The number of fused-ring (bicyclic) bond motifs is 2. The molecular formula is C25H28Cl2NOP. The van der Waals surface area contributed by atoms with E-state index in [4.69, 9.17) is 23.2 Å². The third-order valence-electron chi connectivity index (χ3n) is 6.55. The minimum absolute atomic E-state index is 0.138. The predicted octanol–water partition coefficient (Wildman–Crippen LogP) is 8.15. The predicted molar refractivity (Wildman–Crippen MR) is 130 cm³/mol. The van der Waals surface area contributed by atoms with Crippen LogP contribution in [0.2, 0.25) is 0 Å². The highest BCUT2D eigenvalue weighted by molar-refractivity contribution is 7.68. The van der Waals surface area contributed by atoms with Crippen molar-refractivity contribution < 1.29 is 4.57 Å². The van der Waals surface area contributed by atoms with E-state index >= 15 is 0 Å². The molecule has 0 saturated heterocycles. The minimum Gasteiger partial charge on any atom is -0.298 e. The summed E-state index contributed by atoms with van der Waals surface area (Å²) < 4.78 is 14.1. The van der Waals surface area contributed by atoms with Crippen LogP contribution in [0.25, 0.3) is 10.1 Å². The van der Waals surface area contributed by atoms with Crippen molar-refractivity contribution in [2.45, 2.75) is 38.6 Å². The molecule has 5 heteroatoms. The van der Waals surface area contributed by atoms with Crippen LogP contribution in [-0.2, 0) is 4.57 Å². The summed E-state index contributed by atoms with van der Waals surface area (Å²) in [6.07, 6.45) is 5.20. The van der Waals surface area contributed by atoms with E-state index in [2.05, 4.69) is 12.0 Å². The molecule has 0 aromatic heterocycles. The highest BCUT2D eigenvalue weighted by atomic mass is 35.5. The molecule has 30 heavy (non-hydrogen) atoms. The molecule has 4 atom stereocenters. The van der Waals surface area contributed by atoms with Crippen LogP contribution in [0.4, 0.5) is 0 Å². The van der Waals surface area contributed by atoms with E-state index in [0.29, 0.717) is 16.0 Å². The Balaban J connectivity index is 1.64. The van der Waals surface area contributed by atoms with Crippen LogP contribution in [0.5, 0.6) is 0 Å². The molecule has 0 radical (unpaired) electrons. The number of halogens is 2.